The summed E-state index contributed by atoms with van der Waals surface area (Å²) in [5, 5.41) is 15.1. The molecule has 1 N–H and O–H groups in total. The number of nitro benzene ring substituents is 1. The predicted octanol–water partition coefficient (Wildman–Crippen LogP) is 3.13. The molecule has 0 aliphatic carbocycles. The Kier molecular flexibility index (Phi) is 5.24. The number of halogens is 1. The lowest BCUT2D eigenvalue weighted by atomic mass is 10.1. The number of anilines is 1. The maximum absolute atomic E-state index is 12.2. The summed E-state index contributed by atoms with van der Waals surface area (Å²) in [6.07, 6.45) is 0. The van der Waals surface area contributed by atoms with Gasteiger partial charge in [0.1, 0.15) is 5.56 Å². The molecular formula is C13H10ClN3O5S. The monoisotopic (exact) mass is 355 g/mol. The van der Waals surface area contributed by atoms with Crippen LogP contribution in [0.5, 0.6) is 0 Å². The zero-order valence-electron chi connectivity index (χ0n) is 11.7. The number of thiazole rings is 1. The van der Waals surface area contributed by atoms with Crippen LogP contribution in [0.3, 0.4) is 0 Å². The van der Waals surface area contributed by atoms with E-state index >= 15 is 0 Å². The first-order valence-electron chi connectivity index (χ1n) is 6.30. The van der Waals surface area contributed by atoms with Gasteiger partial charge < -0.3 is 4.74 Å². The van der Waals surface area contributed by atoms with E-state index in [0.717, 1.165) is 17.4 Å². The SMILES string of the molecule is CCOC(=O)c1csc(NC(=O)c2cc(Cl)ccc2[N+](=O)[O-])n1. The molecule has 2 aromatic rings. The molecule has 0 aliphatic heterocycles. The van der Waals surface area contributed by atoms with Crippen LogP contribution >= 0.6 is 22.9 Å². The van der Waals surface area contributed by atoms with E-state index in [9.17, 15) is 19.7 Å². The summed E-state index contributed by atoms with van der Waals surface area (Å²) in [6, 6.07) is 3.65. The van der Waals surface area contributed by atoms with Crippen molar-refractivity contribution in [1.29, 1.82) is 0 Å². The second-order valence-corrected chi connectivity index (χ2v) is 5.43. The Bertz CT molecular complexity index is 777. The zero-order chi connectivity index (χ0) is 17.0. The summed E-state index contributed by atoms with van der Waals surface area (Å²) in [4.78, 5) is 37.9. The molecule has 2 rings (SSSR count). The summed E-state index contributed by atoms with van der Waals surface area (Å²) in [5.41, 5.74) is -0.530. The summed E-state index contributed by atoms with van der Waals surface area (Å²) in [6.45, 7) is 1.86. The first-order valence-corrected chi connectivity index (χ1v) is 7.56. The van der Waals surface area contributed by atoms with Crippen molar-refractivity contribution < 1.29 is 19.2 Å². The number of rotatable bonds is 5. The minimum absolute atomic E-state index is 0.0488. The molecule has 23 heavy (non-hydrogen) atoms. The van der Waals surface area contributed by atoms with Crippen LogP contribution in [0.4, 0.5) is 10.8 Å². The average molecular weight is 356 g/mol. The van der Waals surface area contributed by atoms with E-state index in [2.05, 4.69) is 10.3 Å². The maximum atomic E-state index is 12.2. The number of hydrogen-bond acceptors (Lipinski definition) is 7. The quantitative estimate of drug-likeness (QED) is 0.501. The van der Waals surface area contributed by atoms with E-state index in [1.165, 1.54) is 17.5 Å². The Hall–Kier alpha value is -2.52. The van der Waals surface area contributed by atoms with E-state index in [4.69, 9.17) is 16.3 Å². The highest BCUT2D eigenvalue weighted by Gasteiger charge is 2.22. The normalized spacial score (nSPS) is 10.2. The number of carbonyl (C=O) groups is 2. The molecule has 0 saturated heterocycles. The van der Waals surface area contributed by atoms with Gasteiger partial charge in [-0.3, -0.25) is 20.2 Å². The number of benzene rings is 1. The van der Waals surface area contributed by atoms with E-state index in [1.54, 1.807) is 6.92 Å². The lowest BCUT2D eigenvalue weighted by Crippen LogP contribution is -2.14. The third-order valence-electron chi connectivity index (χ3n) is 2.61. The van der Waals surface area contributed by atoms with Gasteiger partial charge in [0.15, 0.2) is 10.8 Å². The molecule has 8 nitrogen and oxygen atoms in total. The summed E-state index contributed by atoms with van der Waals surface area (Å²) in [5.74, 6) is -1.36. The van der Waals surface area contributed by atoms with E-state index in [0.29, 0.717) is 0 Å². The minimum atomic E-state index is -0.746. The van der Waals surface area contributed by atoms with Gasteiger partial charge in [0.25, 0.3) is 11.6 Å². The topological polar surface area (TPSA) is 111 Å². The zero-order valence-corrected chi connectivity index (χ0v) is 13.3. The molecule has 1 heterocycles. The van der Waals surface area contributed by atoms with E-state index < -0.39 is 16.8 Å². The standard InChI is InChI=1S/C13H10ClN3O5S/c1-2-22-12(19)9-6-23-13(15-9)16-11(18)8-5-7(14)3-4-10(8)17(20)21/h3-6H,2H2,1H3,(H,15,16,18). The van der Waals surface area contributed by atoms with Gasteiger partial charge in [0, 0.05) is 16.5 Å². The molecule has 120 valence electrons. The largest absolute Gasteiger partial charge is 0.461 e. The summed E-state index contributed by atoms with van der Waals surface area (Å²) < 4.78 is 4.78. The van der Waals surface area contributed by atoms with Crippen LogP contribution in [-0.4, -0.2) is 28.4 Å². The van der Waals surface area contributed by atoms with Gasteiger partial charge in [0.05, 0.1) is 11.5 Å². The van der Waals surface area contributed by atoms with E-state index in [1.807, 2.05) is 0 Å². The fraction of sp³-hybridized carbons (Fsp3) is 0.154. The molecule has 1 aromatic heterocycles. The van der Waals surface area contributed by atoms with Gasteiger partial charge in [-0.2, -0.15) is 0 Å². The lowest BCUT2D eigenvalue weighted by molar-refractivity contribution is -0.385. The van der Waals surface area contributed by atoms with Crippen molar-refractivity contribution in [3.63, 3.8) is 0 Å². The molecule has 0 spiro atoms. The molecule has 0 atom stereocenters. The van der Waals surface area contributed by atoms with Crippen LogP contribution < -0.4 is 5.32 Å². The third-order valence-corrected chi connectivity index (χ3v) is 3.60. The average Bonchev–Trinajstić information content (AvgIpc) is 2.95. The number of aromatic nitrogens is 1. The number of nitro groups is 1. The van der Waals surface area contributed by atoms with Crippen molar-refractivity contribution >= 4 is 45.6 Å². The fourth-order valence-corrected chi connectivity index (χ4v) is 2.49. The van der Waals surface area contributed by atoms with Crippen molar-refractivity contribution in [1.82, 2.24) is 4.98 Å². The van der Waals surface area contributed by atoms with Gasteiger partial charge in [-0.05, 0) is 19.1 Å². The molecule has 0 saturated carbocycles. The smallest absolute Gasteiger partial charge is 0.357 e. The van der Waals surface area contributed by atoms with Crippen LogP contribution in [0.25, 0.3) is 0 Å². The summed E-state index contributed by atoms with van der Waals surface area (Å²) in [7, 11) is 0. The molecule has 0 unspecified atom stereocenters. The molecule has 0 radical (unpaired) electrons. The Labute approximate surface area is 139 Å². The number of esters is 1. The second kappa shape index (κ2) is 7.16. The highest BCUT2D eigenvalue weighted by molar-refractivity contribution is 7.14. The Morgan fingerprint density at radius 2 is 2.22 bits per heavy atom. The van der Waals surface area contributed by atoms with Crippen molar-refractivity contribution in [3.05, 3.63) is 50.0 Å². The number of carbonyl (C=O) groups excluding carboxylic acids is 2. The van der Waals surface area contributed by atoms with Crippen LogP contribution in [0.15, 0.2) is 23.6 Å². The number of nitrogens with one attached hydrogen (secondary N) is 1. The number of ether oxygens (including phenoxy) is 1. The maximum Gasteiger partial charge on any atom is 0.357 e. The van der Waals surface area contributed by atoms with Crippen LogP contribution in [0.2, 0.25) is 5.02 Å². The minimum Gasteiger partial charge on any atom is -0.461 e. The predicted molar refractivity (Wildman–Crippen MR) is 84.1 cm³/mol. The second-order valence-electron chi connectivity index (χ2n) is 4.13. The summed E-state index contributed by atoms with van der Waals surface area (Å²) >= 11 is 6.77. The molecule has 10 heteroatoms. The van der Waals surface area contributed by atoms with Crippen LogP contribution in [-0.2, 0) is 4.74 Å². The van der Waals surface area contributed by atoms with Gasteiger partial charge in [0.2, 0.25) is 0 Å². The third kappa shape index (κ3) is 4.02. The molecule has 1 amide bonds. The number of nitrogens with zero attached hydrogens (tertiary/aromatic N) is 2. The Balaban J connectivity index is 2.21. The van der Waals surface area contributed by atoms with Crippen LogP contribution in [0.1, 0.15) is 27.8 Å². The molecule has 0 fully saturated rings. The lowest BCUT2D eigenvalue weighted by Gasteiger charge is -2.03. The first-order chi connectivity index (χ1) is 10.9. The van der Waals surface area contributed by atoms with E-state index in [-0.39, 0.29) is 33.7 Å². The number of hydrogen-bond donors (Lipinski definition) is 1. The molecular weight excluding hydrogens is 346 g/mol. The molecule has 1 aromatic carbocycles. The molecule has 0 bridgehead atoms. The van der Waals surface area contributed by atoms with Gasteiger partial charge >= 0.3 is 5.97 Å². The highest BCUT2D eigenvalue weighted by atomic mass is 35.5. The molecule has 0 aliphatic rings. The number of amides is 1. The fourth-order valence-electron chi connectivity index (χ4n) is 1.64. The van der Waals surface area contributed by atoms with Crippen molar-refractivity contribution in [3.8, 4) is 0 Å². The Morgan fingerprint density at radius 3 is 2.87 bits per heavy atom. The van der Waals surface area contributed by atoms with Gasteiger partial charge in [-0.1, -0.05) is 11.6 Å². The van der Waals surface area contributed by atoms with Gasteiger partial charge in [-0.15, -0.1) is 11.3 Å². The van der Waals surface area contributed by atoms with Crippen molar-refractivity contribution in [2.75, 3.05) is 11.9 Å². The van der Waals surface area contributed by atoms with Crippen molar-refractivity contribution in [2.45, 2.75) is 6.92 Å². The highest BCUT2D eigenvalue weighted by Crippen LogP contribution is 2.24. The van der Waals surface area contributed by atoms with Crippen LogP contribution in [0, 0.1) is 10.1 Å². The van der Waals surface area contributed by atoms with Gasteiger partial charge in [-0.25, -0.2) is 9.78 Å². The Morgan fingerprint density at radius 1 is 1.48 bits per heavy atom. The first kappa shape index (κ1) is 16.8. The van der Waals surface area contributed by atoms with Crippen molar-refractivity contribution in [2.24, 2.45) is 0 Å².